The first-order valence-electron chi connectivity index (χ1n) is 5.36. The molecule has 0 bridgehead atoms. The van der Waals surface area contributed by atoms with Crippen LogP contribution in [0.1, 0.15) is 23.7 Å². The van der Waals surface area contributed by atoms with Crippen molar-refractivity contribution in [3.63, 3.8) is 0 Å². The molecule has 0 amide bonds. The van der Waals surface area contributed by atoms with Crippen LogP contribution in [-0.2, 0) is 0 Å². The average molecular weight is 234 g/mol. The largest absolute Gasteiger partial charge is 0.289 e. The van der Waals surface area contributed by atoms with Crippen molar-refractivity contribution in [1.29, 1.82) is 0 Å². The van der Waals surface area contributed by atoms with Crippen molar-refractivity contribution in [2.45, 2.75) is 19.0 Å². The second-order valence-corrected chi connectivity index (χ2v) is 4.28. The van der Waals surface area contributed by atoms with E-state index >= 15 is 0 Å². The quantitative estimate of drug-likeness (QED) is 0.712. The Labute approximate surface area is 98.5 Å². The standard InChI is InChI=1S/C14H12F2O/c1-14(16)9-11(7-8-12(14)15)13(17)10-5-3-2-4-6-10/h2-8H,9H2,1H3. The number of rotatable bonds is 2. The van der Waals surface area contributed by atoms with Crippen LogP contribution in [0.2, 0.25) is 0 Å². The third kappa shape index (κ3) is 2.33. The lowest BCUT2D eigenvalue weighted by Gasteiger charge is -2.22. The van der Waals surface area contributed by atoms with Crippen molar-refractivity contribution in [2.24, 2.45) is 0 Å². The molecule has 0 saturated heterocycles. The van der Waals surface area contributed by atoms with Gasteiger partial charge >= 0.3 is 0 Å². The summed E-state index contributed by atoms with van der Waals surface area (Å²) in [6, 6.07) is 8.59. The maximum Gasteiger partial charge on any atom is 0.189 e. The van der Waals surface area contributed by atoms with Crippen LogP contribution in [-0.4, -0.2) is 11.5 Å². The number of hydrogen-bond acceptors (Lipinski definition) is 1. The molecule has 0 aromatic heterocycles. The molecule has 0 aliphatic heterocycles. The van der Waals surface area contributed by atoms with Gasteiger partial charge in [0, 0.05) is 17.6 Å². The van der Waals surface area contributed by atoms with Gasteiger partial charge in [0.15, 0.2) is 11.5 Å². The van der Waals surface area contributed by atoms with E-state index in [0.29, 0.717) is 11.1 Å². The summed E-state index contributed by atoms with van der Waals surface area (Å²) in [5.41, 5.74) is -1.29. The molecule has 0 radical (unpaired) electrons. The van der Waals surface area contributed by atoms with Crippen LogP contribution in [0.3, 0.4) is 0 Å². The van der Waals surface area contributed by atoms with Gasteiger partial charge in [0.05, 0.1) is 0 Å². The number of ketones is 1. The molecule has 0 spiro atoms. The van der Waals surface area contributed by atoms with E-state index in [1.807, 2.05) is 0 Å². The van der Waals surface area contributed by atoms with Crippen molar-refractivity contribution >= 4 is 5.78 Å². The Hall–Kier alpha value is -1.77. The van der Waals surface area contributed by atoms with Gasteiger partial charge in [0.2, 0.25) is 0 Å². The molecular formula is C14H12F2O. The molecular weight excluding hydrogens is 222 g/mol. The fourth-order valence-electron chi connectivity index (χ4n) is 1.78. The molecule has 0 heterocycles. The summed E-state index contributed by atoms with van der Waals surface area (Å²) in [4.78, 5) is 12.0. The van der Waals surface area contributed by atoms with Crippen molar-refractivity contribution in [2.75, 3.05) is 0 Å². The van der Waals surface area contributed by atoms with Crippen LogP contribution >= 0.6 is 0 Å². The Balaban J connectivity index is 2.29. The smallest absolute Gasteiger partial charge is 0.189 e. The Morgan fingerprint density at radius 1 is 1.24 bits per heavy atom. The second kappa shape index (κ2) is 4.24. The lowest BCUT2D eigenvalue weighted by molar-refractivity contribution is 0.101. The van der Waals surface area contributed by atoms with Gasteiger partial charge in [-0.1, -0.05) is 36.4 Å². The molecule has 1 atom stereocenters. The van der Waals surface area contributed by atoms with E-state index in [1.54, 1.807) is 30.3 Å². The molecule has 3 heteroatoms. The van der Waals surface area contributed by atoms with Crippen LogP contribution in [0.25, 0.3) is 0 Å². The van der Waals surface area contributed by atoms with Gasteiger partial charge in [-0.05, 0) is 13.0 Å². The van der Waals surface area contributed by atoms with Gasteiger partial charge in [-0.2, -0.15) is 0 Å². The summed E-state index contributed by atoms with van der Waals surface area (Å²) < 4.78 is 26.9. The third-order valence-electron chi connectivity index (χ3n) is 2.78. The molecule has 1 nitrogen and oxygen atoms in total. The van der Waals surface area contributed by atoms with Gasteiger partial charge < -0.3 is 0 Å². The van der Waals surface area contributed by atoms with E-state index in [9.17, 15) is 13.6 Å². The highest BCUT2D eigenvalue weighted by atomic mass is 19.2. The van der Waals surface area contributed by atoms with Gasteiger partial charge in [-0.15, -0.1) is 0 Å². The SMILES string of the molecule is CC1(F)CC(C(=O)c2ccccc2)=CC=C1F. The van der Waals surface area contributed by atoms with Gasteiger partial charge in [0.25, 0.3) is 0 Å². The Morgan fingerprint density at radius 2 is 1.88 bits per heavy atom. The number of carbonyl (C=O) groups is 1. The van der Waals surface area contributed by atoms with E-state index in [-0.39, 0.29) is 12.2 Å². The van der Waals surface area contributed by atoms with E-state index in [1.165, 1.54) is 6.08 Å². The van der Waals surface area contributed by atoms with Gasteiger partial charge in [-0.3, -0.25) is 4.79 Å². The molecule has 2 rings (SSSR count). The highest BCUT2D eigenvalue weighted by Gasteiger charge is 2.34. The van der Waals surface area contributed by atoms with E-state index < -0.39 is 11.5 Å². The maximum atomic E-state index is 13.8. The van der Waals surface area contributed by atoms with Gasteiger partial charge in [0.1, 0.15) is 5.83 Å². The van der Waals surface area contributed by atoms with E-state index in [4.69, 9.17) is 0 Å². The monoisotopic (exact) mass is 234 g/mol. The highest BCUT2D eigenvalue weighted by molar-refractivity contribution is 6.09. The Morgan fingerprint density at radius 3 is 2.47 bits per heavy atom. The molecule has 1 aromatic carbocycles. The number of Topliss-reactive ketones (excluding diaryl/α,β-unsaturated/α-hetero) is 1. The lowest BCUT2D eigenvalue weighted by Crippen LogP contribution is -2.24. The molecule has 0 saturated carbocycles. The fourth-order valence-corrected chi connectivity index (χ4v) is 1.78. The Bertz CT molecular complexity index is 498. The first-order chi connectivity index (χ1) is 8.00. The minimum absolute atomic E-state index is 0.219. The van der Waals surface area contributed by atoms with Crippen molar-refractivity contribution < 1.29 is 13.6 Å². The summed E-state index contributed by atoms with van der Waals surface area (Å²) in [5.74, 6) is -1.08. The molecule has 0 N–H and O–H groups in total. The summed E-state index contributed by atoms with van der Waals surface area (Å²) in [7, 11) is 0. The molecule has 1 aliphatic carbocycles. The summed E-state index contributed by atoms with van der Waals surface area (Å²) >= 11 is 0. The van der Waals surface area contributed by atoms with E-state index in [2.05, 4.69) is 0 Å². The fraction of sp³-hybridized carbons (Fsp3) is 0.214. The summed E-state index contributed by atoms with van der Waals surface area (Å²) in [6.07, 6.45) is 2.16. The lowest BCUT2D eigenvalue weighted by atomic mass is 9.88. The minimum Gasteiger partial charge on any atom is -0.289 e. The third-order valence-corrected chi connectivity index (χ3v) is 2.78. The van der Waals surface area contributed by atoms with Crippen molar-refractivity contribution in [3.8, 4) is 0 Å². The van der Waals surface area contributed by atoms with Crippen LogP contribution in [0.15, 0.2) is 53.9 Å². The second-order valence-electron chi connectivity index (χ2n) is 4.28. The zero-order chi connectivity index (χ0) is 12.5. The number of halogens is 2. The van der Waals surface area contributed by atoms with Crippen molar-refractivity contribution in [3.05, 3.63) is 59.4 Å². The number of benzene rings is 1. The number of carbonyl (C=O) groups excluding carboxylic acids is 1. The molecule has 1 aromatic rings. The van der Waals surface area contributed by atoms with Crippen molar-refractivity contribution in [1.82, 2.24) is 0 Å². The summed E-state index contributed by atoms with van der Waals surface area (Å²) in [6.45, 7) is 1.14. The van der Waals surface area contributed by atoms with Crippen LogP contribution < -0.4 is 0 Å². The molecule has 1 unspecified atom stereocenters. The van der Waals surface area contributed by atoms with E-state index in [0.717, 1.165) is 13.0 Å². The number of hydrogen-bond donors (Lipinski definition) is 0. The van der Waals surface area contributed by atoms with Crippen LogP contribution in [0.5, 0.6) is 0 Å². The molecule has 17 heavy (non-hydrogen) atoms. The minimum atomic E-state index is -2.07. The number of allylic oxidation sites excluding steroid dienone is 4. The molecule has 0 fully saturated rings. The average Bonchev–Trinajstić information content (AvgIpc) is 2.33. The first-order valence-corrected chi connectivity index (χ1v) is 5.36. The zero-order valence-electron chi connectivity index (χ0n) is 9.41. The first kappa shape index (κ1) is 11.7. The van der Waals surface area contributed by atoms with Crippen LogP contribution in [0, 0.1) is 0 Å². The predicted molar refractivity (Wildman–Crippen MR) is 62.2 cm³/mol. The predicted octanol–water partition coefficient (Wildman–Crippen LogP) is 3.78. The number of alkyl halides is 1. The van der Waals surface area contributed by atoms with Gasteiger partial charge in [-0.25, -0.2) is 8.78 Å². The molecule has 88 valence electrons. The van der Waals surface area contributed by atoms with Crippen LogP contribution in [0.4, 0.5) is 8.78 Å². The maximum absolute atomic E-state index is 13.8. The molecule has 1 aliphatic rings. The zero-order valence-corrected chi connectivity index (χ0v) is 9.41. The normalized spacial score (nSPS) is 23.9. The summed E-state index contributed by atoms with van der Waals surface area (Å²) in [5, 5.41) is 0. The topological polar surface area (TPSA) is 17.1 Å². The highest BCUT2D eigenvalue weighted by Crippen LogP contribution is 2.34. The Kier molecular flexibility index (Phi) is 2.92.